The largest absolute Gasteiger partial charge is 0.482 e. The maximum Gasteiger partial charge on any atom is 0.349 e. The summed E-state index contributed by atoms with van der Waals surface area (Å²) in [4.78, 5) is 15.7. The molecule has 0 radical (unpaired) electrons. The Bertz CT molecular complexity index is 1090. The molecular weight excluding hydrogens is 423 g/mol. The highest BCUT2D eigenvalue weighted by Gasteiger charge is 2.28. The number of esters is 1. The number of rotatable bonds is 8. The number of hydrogen-bond acceptors (Lipinski definition) is 3. The van der Waals surface area contributed by atoms with Gasteiger partial charge >= 0.3 is 5.97 Å². The normalized spacial score (nSPS) is 10.7. The summed E-state index contributed by atoms with van der Waals surface area (Å²) in [5, 5.41) is 0. The van der Waals surface area contributed by atoms with E-state index in [-0.39, 0.29) is 17.5 Å². The number of benzene rings is 4. The van der Waals surface area contributed by atoms with E-state index >= 15 is 0 Å². The summed E-state index contributed by atoms with van der Waals surface area (Å²) in [6, 6.07) is 34.8. The standard InChI is InChI=1S/C27H22FO3S/c28-19-21-11-13-23(14-12-21)31-27(29)20-30-22-15-17-26(18-16-22)32(24-7-3-1-4-8-24)25-9-5-2-6-10-25/h1-18H,19-20H2/q+1. The van der Waals surface area contributed by atoms with E-state index in [1.165, 1.54) is 9.79 Å². The summed E-state index contributed by atoms with van der Waals surface area (Å²) in [5.74, 6) is 0.430. The predicted octanol–water partition coefficient (Wildman–Crippen LogP) is 6.24. The molecule has 0 spiro atoms. The summed E-state index contributed by atoms with van der Waals surface area (Å²) in [7, 11) is -0.239. The van der Waals surface area contributed by atoms with Gasteiger partial charge in [0.05, 0.1) is 10.9 Å². The van der Waals surface area contributed by atoms with Crippen molar-refractivity contribution in [3.05, 3.63) is 115 Å². The molecule has 0 saturated heterocycles. The second-order valence-corrected chi connectivity index (χ2v) is 8.97. The van der Waals surface area contributed by atoms with Crippen molar-refractivity contribution in [1.29, 1.82) is 0 Å². The minimum absolute atomic E-state index is 0.215. The molecule has 0 bridgehead atoms. The van der Waals surface area contributed by atoms with Gasteiger partial charge in [-0.3, -0.25) is 0 Å². The van der Waals surface area contributed by atoms with Crippen LogP contribution in [-0.2, 0) is 22.4 Å². The zero-order valence-corrected chi connectivity index (χ0v) is 18.1. The molecule has 3 nitrogen and oxygen atoms in total. The lowest BCUT2D eigenvalue weighted by atomic mass is 10.2. The Morgan fingerprint density at radius 3 is 1.69 bits per heavy atom. The highest BCUT2D eigenvalue weighted by molar-refractivity contribution is 7.97. The van der Waals surface area contributed by atoms with Gasteiger partial charge in [-0.15, -0.1) is 0 Å². The van der Waals surface area contributed by atoms with Crippen molar-refractivity contribution in [2.75, 3.05) is 6.61 Å². The lowest BCUT2D eigenvalue weighted by Crippen LogP contribution is -2.17. The van der Waals surface area contributed by atoms with Gasteiger partial charge in [0.25, 0.3) is 0 Å². The van der Waals surface area contributed by atoms with Crippen LogP contribution in [0.25, 0.3) is 0 Å². The topological polar surface area (TPSA) is 35.5 Å². The molecule has 0 aliphatic heterocycles. The van der Waals surface area contributed by atoms with Gasteiger partial charge in [-0.2, -0.15) is 0 Å². The van der Waals surface area contributed by atoms with Crippen LogP contribution in [0.5, 0.6) is 11.5 Å². The number of ether oxygens (including phenoxy) is 2. The lowest BCUT2D eigenvalue weighted by Gasteiger charge is -2.10. The Kier molecular flexibility index (Phi) is 7.20. The van der Waals surface area contributed by atoms with Gasteiger partial charge in [0.1, 0.15) is 18.2 Å². The van der Waals surface area contributed by atoms with E-state index in [0.29, 0.717) is 17.1 Å². The van der Waals surface area contributed by atoms with Crippen molar-refractivity contribution >= 4 is 16.9 Å². The van der Waals surface area contributed by atoms with Crippen molar-refractivity contribution in [2.24, 2.45) is 0 Å². The van der Waals surface area contributed by atoms with Gasteiger partial charge in [-0.1, -0.05) is 48.5 Å². The van der Waals surface area contributed by atoms with Gasteiger partial charge in [0.2, 0.25) is 0 Å². The van der Waals surface area contributed by atoms with Gasteiger partial charge in [0.15, 0.2) is 21.3 Å². The maximum atomic E-state index is 12.6. The first-order valence-electron chi connectivity index (χ1n) is 10.2. The van der Waals surface area contributed by atoms with Crippen LogP contribution in [0.2, 0.25) is 0 Å². The molecule has 0 heterocycles. The third-order valence-electron chi connectivity index (χ3n) is 4.68. The second kappa shape index (κ2) is 10.6. The number of alkyl halides is 1. The molecule has 0 aromatic heterocycles. The average molecular weight is 446 g/mol. The Hall–Kier alpha value is -3.57. The zero-order valence-electron chi connectivity index (χ0n) is 17.3. The summed E-state index contributed by atoms with van der Waals surface area (Å²) >= 11 is 0. The lowest BCUT2D eigenvalue weighted by molar-refractivity contribution is -0.136. The predicted molar refractivity (Wildman–Crippen MR) is 124 cm³/mol. The minimum Gasteiger partial charge on any atom is -0.482 e. The monoisotopic (exact) mass is 445 g/mol. The molecule has 4 aromatic carbocycles. The average Bonchev–Trinajstić information content (AvgIpc) is 2.85. The number of carbonyl (C=O) groups is 1. The SMILES string of the molecule is O=C(COc1ccc([S+](c2ccccc2)c2ccccc2)cc1)Oc1ccc(CF)cc1. The Labute approximate surface area is 189 Å². The zero-order chi connectivity index (χ0) is 22.2. The van der Waals surface area contributed by atoms with Crippen LogP contribution in [0.1, 0.15) is 5.56 Å². The fraction of sp³-hybridized carbons (Fsp3) is 0.0741. The van der Waals surface area contributed by atoms with Gasteiger partial charge < -0.3 is 9.47 Å². The Balaban J connectivity index is 1.42. The van der Waals surface area contributed by atoms with E-state index in [4.69, 9.17) is 9.47 Å². The van der Waals surface area contributed by atoms with Crippen LogP contribution >= 0.6 is 0 Å². The van der Waals surface area contributed by atoms with E-state index in [1.807, 2.05) is 60.7 Å². The Morgan fingerprint density at radius 2 is 1.16 bits per heavy atom. The molecule has 0 aliphatic rings. The molecule has 160 valence electrons. The van der Waals surface area contributed by atoms with Crippen molar-refractivity contribution in [3.63, 3.8) is 0 Å². The molecule has 0 saturated carbocycles. The van der Waals surface area contributed by atoms with E-state index in [2.05, 4.69) is 24.3 Å². The molecule has 0 N–H and O–H groups in total. The van der Waals surface area contributed by atoms with E-state index in [1.54, 1.807) is 24.3 Å². The molecule has 0 fully saturated rings. The molecule has 0 aliphatic carbocycles. The summed E-state index contributed by atoms with van der Waals surface area (Å²) in [6.45, 7) is -0.767. The van der Waals surface area contributed by atoms with Crippen LogP contribution in [0.4, 0.5) is 4.39 Å². The highest BCUT2D eigenvalue weighted by Crippen LogP contribution is 2.31. The molecule has 5 heteroatoms. The molecule has 4 rings (SSSR count). The number of hydrogen-bond donors (Lipinski definition) is 0. The number of carbonyl (C=O) groups excluding carboxylic acids is 1. The first-order chi connectivity index (χ1) is 15.7. The highest BCUT2D eigenvalue weighted by atomic mass is 32.2. The van der Waals surface area contributed by atoms with E-state index in [9.17, 15) is 9.18 Å². The maximum absolute atomic E-state index is 12.6. The molecule has 4 aromatic rings. The molecular formula is C27H22FO3S+. The van der Waals surface area contributed by atoms with E-state index < -0.39 is 12.6 Å². The van der Waals surface area contributed by atoms with Crippen molar-refractivity contribution < 1.29 is 18.7 Å². The minimum atomic E-state index is -0.552. The van der Waals surface area contributed by atoms with Crippen LogP contribution in [0.15, 0.2) is 124 Å². The second-order valence-electron chi connectivity index (χ2n) is 6.94. The van der Waals surface area contributed by atoms with Gasteiger partial charge in [-0.25, -0.2) is 9.18 Å². The molecule has 0 atom stereocenters. The third kappa shape index (κ3) is 5.56. The van der Waals surface area contributed by atoms with Crippen LogP contribution < -0.4 is 9.47 Å². The van der Waals surface area contributed by atoms with Crippen molar-refractivity contribution in [2.45, 2.75) is 21.4 Å². The fourth-order valence-corrected chi connectivity index (χ4v) is 5.23. The molecule has 0 unspecified atom stereocenters. The van der Waals surface area contributed by atoms with Crippen LogP contribution in [0.3, 0.4) is 0 Å². The first kappa shape index (κ1) is 21.7. The smallest absolute Gasteiger partial charge is 0.349 e. The molecule has 32 heavy (non-hydrogen) atoms. The van der Waals surface area contributed by atoms with Crippen molar-refractivity contribution in [3.8, 4) is 11.5 Å². The summed E-state index contributed by atoms with van der Waals surface area (Å²) in [5.41, 5.74) is 0.533. The van der Waals surface area contributed by atoms with Crippen LogP contribution in [0, 0.1) is 0 Å². The number of halogens is 1. The van der Waals surface area contributed by atoms with Crippen LogP contribution in [-0.4, -0.2) is 12.6 Å². The summed E-state index contributed by atoms with van der Waals surface area (Å²) < 4.78 is 23.4. The summed E-state index contributed by atoms with van der Waals surface area (Å²) in [6.07, 6.45) is 0. The third-order valence-corrected chi connectivity index (χ3v) is 6.91. The quantitative estimate of drug-likeness (QED) is 0.183. The Morgan fingerprint density at radius 1 is 0.656 bits per heavy atom. The first-order valence-corrected chi connectivity index (χ1v) is 11.4. The fourth-order valence-electron chi connectivity index (χ4n) is 3.14. The van der Waals surface area contributed by atoms with E-state index in [0.717, 1.165) is 4.90 Å². The molecule has 0 amide bonds. The van der Waals surface area contributed by atoms with Gasteiger partial charge in [-0.05, 0) is 66.2 Å². The van der Waals surface area contributed by atoms with Crippen molar-refractivity contribution in [1.82, 2.24) is 0 Å². The van der Waals surface area contributed by atoms with Gasteiger partial charge in [0, 0.05) is 0 Å².